The van der Waals surface area contributed by atoms with Gasteiger partial charge in [0.2, 0.25) is 0 Å². The van der Waals surface area contributed by atoms with Gasteiger partial charge >= 0.3 is 12.2 Å². The van der Waals surface area contributed by atoms with Gasteiger partial charge in [0.05, 0.1) is 24.8 Å². The summed E-state index contributed by atoms with van der Waals surface area (Å²) in [7, 11) is 3.18. The quantitative estimate of drug-likeness (QED) is 0.555. The number of nitrogens with zero attached hydrogens (tertiary/aromatic N) is 1. The van der Waals surface area contributed by atoms with Crippen molar-refractivity contribution >= 4 is 23.3 Å². The topological polar surface area (TPSA) is 76.8 Å². The Hall–Kier alpha value is -2.65. The van der Waals surface area contributed by atoms with Crippen LogP contribution in [0.1, 0.15) is 43.7 Å². The highest BCUT2D eigenvalue weighted by Crippen LogP contribution is 2.51. The number of methoxy groups -OCH3 is 2. The molecule has 2 aliphatic rings. The number of nitrogens with one attached hydrogen (secondary N) is 1. The van der Waals surface area contributed by atoms with Gasteiger partial charge in [-0.05, 0) is 75.0 Å². The Labute approximate surface area is 207 Å². The summed E-state index contributed by atoms with van der Waals surface area (Å²) in [5.74, 6) is 1.27. The predicted octanol–water partition coefficient (Wildman–Crippen LogP) is 5.50. The molecular formula is C25H29ClF3N3O3. The molecule has 1 saturated carbocycles. The third-order valence-electron chi connectivity index (χ3n) is 7.61. The van der Waals surface area contributed by atoms with Crippen molar-refractivity contribution in [3.8, 4) is 11.5 Å². The fraction of sp³-hybridized carbons (Fsp3) is 0.480. The van der Waals surface area contributed by atoms with Gasteiger partial charge in [0.25, 0.3) is 0 Å². The van der Waals surface area contributed by atoms with Crippen molar-refractivity contribution in [2.75, 3.05) is 25.7 Å². The third-order valence-corrected chi connectivity index (χ3v) is 7.94. The molecule has 1 aliphatic heterocycles. The molecule has 10 heteroatoms. The van der Waals surface area contributed by atoms with E-state index in [-0.39, 0.29) is 17.1 Å². The Balaban J connectivity index is 1.70. The van der Waals surface area contributed by atoms with Gasteiger partial charge in [0.1, 0.15) is 0 Å². The lowest BCUT2D eigenvalue weighted by atomic mass is 9.61. The summed E-state index contributed by atoms with van der Waals surface area (Å²) in [4.78, 5) is 13.9. The molecule has 1 heterocycles. The van der Waals surface area contributed by atoms with E-state index in [1.165, 1.54) is 11.0 Å². The standard InChI is InChI=1S/C25H29ClF3N3O3/c1-23(32(22(30)33)16-5-6-18(26)17(13-16)25(27,28)29)8-9-24(10-11-31-21(24)14-23)15-4-7-19(34-2)20(12-15)35-3/h4-7,12-13,21,31H,8-11,14H2,1-3H3,(H2,30,33)/t21-,23+,24-/m1/s1. The van der Waals surface area contributed by atoms with Gasteiger partial charge in [-0.3, -0.25) is 4.90 Å². The van der Waals surface area contributed by atoms with Crippen molar-refractivity contribution in [1.29, 1.82) is 0 Å². The molecule has 0 bridgehead atoms. The number of anilines is 1. The molecule has 0 unspecified atom stereocenters. The highest BCUT2D eigenvalue weighted by molar-refractivity contribution is 6.31. The molecule has 3 N–H and O–H groups in total. The number of nitrogens with two attached hydrogens (primary N) is 1. The Bertz CT molecular complexity index is 1130. The van der Waals surface area contributed by atoms with Crippen molar-refractivity contribution in [3.05, 3.63) is 52.5 Å². The molecule has 0 aromatic heterocycles. The summed E-state index contributed by atoms with van der Waals surface area (Å²) in [5, 5.41) is 3.13. The zero-order valence-corrected chi connectivity index (χ0v) is 20.6. The molecule has 2 aromatic carbocycles. The number of ether oxygens (including phenoxy) is 2. The van der Waals surface area contributed by atoms with Crippen LogP contribution in [0.15, 0.2) is 36.4 Å². The lowest BCUT2D eigenvalue weighted by Crippen LogP contribution is -2.60. The van der Waals surface area contributed by atoms with Crippen molar-refractivity contribution < 1.29 is 27.4 Å². The van der Waals surface area contributed by atoms with E-state index in [0.717, 1.165) is 30.7 Å². The number of alkyl halides is 3. The van der Waals surface area contributed by atoms with Crippen molar-refractivity contribution in [2.24, 2.45) is 5.73 Å². The van der Waals surface area contributed by atoms with Crippen LogP contribution < -0.4 is 25.4 Å². The Morgan fingerprint density at radius 3 is 2.46 bits per heavy atom. The number of halogens is 4. The van der Waals surface area contributed by atoms with Gasteiger partial charge in [-0.2, -0.15) is 13.2 Å². The number of hydrogen-bond donors (Lipinski definition) is 2. The Kier molecular flexibility index (Phi) is 6.61. The highest BCUT2D eigenvalue weighted by Gasteiger charge is 2.53. The molecule has 35 heavy (non-hydrogen) atoms. The third kappa shape index (κ3) is 4.40. The predicted molar refractivity (Wildman–Crippen MR) is 128 cm³/mol. The zero-order chi connectivity index (χ0) is 25.6. The summed E-state index contributed by atoms with van der Waals surface area (Å²) in [6.45, 7) is 2.66. The molecule has 0 spiro atoms. The number of amides is 2. The Morgan fingerprint density at radius 2 is 1.83 bits per heavy atom. The van der Waals surface area contributed by atoms with Gasteiger partial charge in [-0.15, -0.1) is 0 Å². The first-order chi connectivity index (χ1) is 16.4. The molecule has 1 aliphatic carbocycles. The molecule has 6 nitrogen and oxygen atoms in total. The number of hydrogen-bond acceptors (Lipinski definition) is 4. The van der Waals surface area contributed by atoms with E-state index in [0.29, 0.717) is 30.8 Å². The van der Waals surface area contributed by atoms with Crippen LogP contribution >= 0.6 is 11.6 Å². The second-order valence-corrected chi connectivity index (χ2v) is 9.93. The average Bonchev–Trinajstić information content (AvgIpc) is 3.22. The van der Waals surface area contributed by atoms with Gasteiger partial charge in [0.15, 0.2) is 11.5 Å². The van der Waals surface area contributed by atoms with E-state index in [2.05, 4.69) is 5.32 Å². The van der Waals surface area contributed by atoms with Gasteiger partial charge in [-0.1, -0.05) is 17.7 Å². The minimum atomic E-state index is -4.65. The van der Waals surface area contributed by atoms with E-state index in [1.807, 2.05) is 25.1 Å². The summed E-state index contributed by atoms with van der Waals surface area (Å²) in [6, 6.07) is 8.54. The van der Waals surface area contributed by atoms with Crippen LogP contribution in [-0.2, 0) is 11.6 Å². The van der Waals surface area contributed by atoms with Gasteiger partial charge < -0.3 is 20.5 Å². The Morgan fingerprint density at radius 1 is 1.11 bits per heavy atom. The van der Waals surface area contributed by atoms with Crippen LogP contribution in [0.5, 0.6) is 11.5 Å². The van der Waals surface area contributed by atoms with E-state index >= 15 is 0 Å². The normalized spacial score (nSPS) is 26.2. The first-order valence-electron chi connectivity index (χ1n) is 11.4. The number of rotatable bonds is 5. The molecule has 190 valence electrons. The molecule has 4 rings (SSSR count). The number of primary amides is 1. The van der Waals surface area contributed by atoms with E-state index in [9.17, 15) is 18.0 Å². The van der Waals surface area contributed by atoms with Crippen LogP contribution in [0.4, 0.5) is 23.7 Å². The first-order valence-corrected chi connectivity index (χ1v) is 11.8. The molecular weight excluding hydrogens is 483 g/mol. The minimum Gasteiger partial charge on any atom is -0.493 e. The zero-order valence-electron chi connectivity index (χ0n) is 19.8. The van der Waals surface area contributed by atoms with Crippen LogP contribution in [0, 0.1) is 0 Å². The lowest BCUT2D eigenvalue weighted by molar-refractivity contribution is -0.137. The number of fused-ring (bicyclic) bond motifs is 1. The average molecular weight is 512 g/mol. The molecule has 0 radical (unpaired) electrons. The number of carbonyl (C=O) groups excluding carboxylic acids is 1. The maximum Gasteiger partial charge on any atom is 0.417 e. The SMILES string of the molecule is COc1ccc([C@@]23CCN[C@@H]2C[C@@](C)(N(C(N)=O)c2ccc(Cl)c(C(F)(F)F)c2)CC3)cc1OC. The molecule has 3 atom stereocenters. The number of urea groups is 1. The smallest absolute Gasteiger partial charge is 0.417 e. The summed E-state index contributed by atoms with van der Waals surface area (Å²) in [5.41, 5.74) is 4.92. The molecule has 2 amide bonds. The summed E-state index contributed by atoms with van der Waals surface area (Å²) < 4.78 is 51.4. The highest BCUT2D eigenvalue weighted by atomic mass is 35.5. The maximum absolute atomic E-state index is 13.5. The first kappa shape index (κ1) is 25.4. The second-order valence-electron chi connectivity index (χ2n) is 9.52. The molecule has 1 saturated heterocycles. The maximum atomic E-state index is 13.5. The van der Waals surface area contributed by atoms with E-state index < -0.39 is 28.3 Å². The molecule has 2 fully saturated rings. The minimum absolute atomic E-state index is 0.0180. The molecule has 2 aromatic rings. The van der Waals surface area contributed by atoms with E-state index in [1.54, 1.807) is 14.2 Å². The monoisotopic (exact) mass is 511 g/mol. The summed E-state index contributed by atoms with van der Waals surface area (Å²) >= 11 is 5.81. The van der Waals surface area contributed by atoms with Crippen molar-refractivity contribution in [3.63, 3.8) is 0 Å². The van der Waals surface area contributed by atoms with Crippen LogP contribution in [-0.4, -0.2) is 38.4 Å². The van der Waals surface area contributed by atoms with Crippen LogP contribution in [0.2, 0.25) is 5.02 Å². The fourth-order valence-corrected chi connectivity index (χ4v) is 6.08. The van der Waals surface area contributed by atoms with Gasteiger partial charge in [-0.25, -0.2) is 4.79 Å². The summed E-state index contributed by atoms with van der Waals surface area (Å²) in [6.07, 6.45) is -2.00. The van der Waals surface area contributed by atoms with E-state index in [4.69, 9.17) is 26.8 Å². The van der Waals surface area contributed by atoms with Crippen LogP contribution in [0.25, 0.3) is 0 Å². The van der Waals surface area contributed by atoms with Gasteiger partial charge in [0, 0.05) is 22.7 Å². The fourth-order valence-electron chi connectivity index (χ4n) is 5.85. The van der Waals surface area contributed by atoms with Crippen molar-refractivity contribution in [2.45, 2.75) is 55.8 Å². The lowest BCUT2D eigenvalue weighted by Gasteiger charge is -2.51. The largest absolute Gasteiger partial charge is 0.493 e. The van der Waals surface area contributed by atoms with Crippen molar-refractivity contribution in [1.82, 2.24) is 5.32 Å². The van der Waals surface area contributed by atoms with Crippen LogP contribution in [0.3, 0.4) is 0 Å². The second kappa shape index (κ2) is 9.09. The number of benzene rings is 2. The number of carbonyl (C=O) groups is 1.